The zero-order valence-corrected chi connectivity index (χ0v) is 14.6. The van der Waals surface area contributed by atoms with Gasteiger partial charge in [-0.2, -0.15) is 0 Å². The van der Waals surface area contributed by atoms with Gasteiger partial charge in [-0.25, -0.2) is 19.6 Å². The van der Waals surface area contributed by atoms with E-state index in [9.17, 15) is 14.4 Å². The normalized spacial score (nSPS) is 10.2. The number of aryl methyl sites for hydroxylation is 1. The van der Waals surface area contributed by atoms with Crippen LogP contribution in [0.2, 0.25) is 0 Å². The fourth-order valence-corrected chi connectivity index (χ4v) is 2.49. The number of esters is 1. The SMILES string of the molecule is CNC(=O)NC(=O)COC(=O)c1c(C)nc(-c2ccco2)nc1SC. The lowest BCUT2D eigenvalue weighted by atomic mass is 10.2. The quantitative estimate of drug-likeness (QED) is 0.463. The van der Waals surface area contributed by atoms with Crippen molar-refractivity contribution in [3.05, 3.63) is 29.7 Å². The summed E-state index contributed by atoms with van der Waals surface area (Å²) >= 11 is 1.24. The molecule has 2 rings (SSSR count). The predicted molar refractivity (Wildman–Crippen MR) is 89.1 cm³/mol. The number of thioether (sulfide) groups is 1. The molecular formula is C15H16N4O5S. The maximum Gasteiger partial charge on any atom is 0.343 e. The molecule has 0 aliphatic carbocycles. The number of aromatic nitrogens is 2. The lowest BCUT2D eigenvalue weighted by molar-refractivity contribution is -0.123. The van der Waals surface area contributed by atoms with Crippen LogP contribution >= 0.6 is 11.8 Å². The second kappa shape index (κ2) is 8.29. The van der Waals surface area contributed by atoms with Gasteiger partial charge in [0.15, 0.2) is 18.2 Å². The molecule has 0 atom stereocenters. The number of ether oxygens (including phenoxy) is 1. The monoisotopic (exact) mass is 364 g/mol. The summed E-state index contributed by atoms with van der Waals surface area (Å²) in [5, 5.41) is 4.61. The molecule has 0 aromatic carbocycles. The van der Waals surface area contributed by atoms with Crippen molar-refractivity contribution in [3.63, 3.8) is 0 Å². The lowest BCUT2D eigenvalue weighted by Gasteiger charge is -2.11. The second-order valence-electron chi connectivity index (χ2n) is 4.70. The van der Waals surface area contributed by atoms with Crippen molar-refractivity contribution in [1.29, 1.82) is 0 Å². The van der Waals surface area contributed by atoms with Crippen molar-refractivity contribution >= 4 is 29.7 Å². The fourth-order valence-electron chi connectivity index (χ4n) is 1.87. The summed E-state index contributed by atoms with van der Waals surface area (Å²) in [7, 11) is 1.36. The Kier molecular flexibility index (Phi) is 6.12. The molecule has 0 spiro atoms. The van der Waals surface area contributed by atoms with Crippen molar-refractivity contribution in [2.75, 3.05) is 19.9 Å². The van der Waals surface area contributed by atoms with Gasteiger partial charge in [-0.15, -0.1) is 11.8 Å². The van der Waals surface area contributed by atoms with Gasteiger partial charge >= 0.3 is 12.0 Å². The Hall–Kier alpha value is -2.88. The summed E-state index contributed by atoms with van der Waals surface area (Å²) in [5.74, 6) is -0.673. The van der Waals surface area contributed by atoms with Gasteiger partial charge in [-0.3, -0.25) is 10.1 Å². The molecule has 0 bridgehead atoms. The summed E-state index contributed by atoms with van der Waals surface area (Å²) in [6.45, 7) is 1.04. The van der Waals surface area contributed by atoms with Gasteiger partial charge in [-0.05, 0) is 25.3 Å². The third-order valence-electron chi connectivity index (χ3n) is 3.01. The highest BCUT2D eigenvalue weighted by Crippen LogP contribution is 2.25. The minimum Gasteiger partial charge on any atom is -0.461 e. The van der Waals surface area contributed by atoms with Crippen molar-refractivity contribution in [2.24, 2.45) is 0 Å². The maximum atomic E-state index is 12.3. The van der Waals surface area contributed by atoms with Crippen molar-refractivity contribution in [2.45, 2.75) is 11.9 Å². The number of carbonyl (C=O) groups is 3. The Morgan fingerprint density at radius 3 is 2.68 bits per heavy atom. The first kappa shape index (κ1) is 18.5. The molecule has 10 heteroatoms. The van der Waals surface area contributed by atoms with Crippen LogP contribution in [-0.4, -0.2) is 47.8 Å². The molecule has 0 aliphatic heterocycles. The van der Waals surface area contributed by atoms with Gasteiger partial charge in [-0.1, -0.05) is 0 Å². The standard InChI is InChI=1S/C15H16N4O5S/c1-8-11(14(21)24-7-10(20)18-15(22)16-2)13(25-3)19-12(17-8)9-5-4-6-23-9/h4-6H,7H2,1-3H3,(H2,16,18,20,22). The molecule has 2 heterocycles. The summed E-state index contributed by atoms with van der Waals surface area (Å²) < 4.78 is 10.2. The number of carbonyl (C=O) groups excluding carboxylic acids is 3. The number of nitrogens with one attached hydrogen (secondary N) is 2. The molecule has 2 aromatic rings. The van der Waals surface area contributed by atoms with Crippen LogP contribution < -0.4 is 10.6 Å². The molecule has 0 aliphatic rings. The van der Waals surface area contributed by atoms with E-state index in [1.807, 2.05) is 5.32 Å². The van der Waals surface area contributed by atoms with Crippen LogP contribution in [0.1, 0.15) is 16.1 Å². The third-order valence-corrected chi connectivity index (χ3v) is 3.69. The summed E-state index contributed by atoms with van der Waals surface area (Å²) in [6, 6.07) is 2.73. The first-order chi connectivity index (χ1) is 12.0. The van der Waals surface area contributed by atoms with Gasteiger partial charge in [0.25, 0.3) is 5.91 Å². The van der Waals surface area contributed by atoms with E-state index in [1.54, 1.807) is 25.3 Å². The molecule has 2 aromatic heterocycles. The van der Waals surface area contributed by atoms with Crippen LogP contribution in [0.3, 0.4) is 0 Å². The number of rotatable bonds is 5. The molecule has 0 radical (unpaired) electrons. The van der Waals surface area contributed by atoms with Gasteiger partial charge in [0.2, 0.25) is 0 Å². The zero-order valence-electron chi connectivity index (χ0n) is 13.8. The highest BCUT2D eigenvalue weighted by molar-refractivity contribution is 7.98. The smallest absolute Gasteiger partial charge is 0.343 e. The van der Waals surface area contributed by atoms with Crippen LogP contribution in [-0.2, 0) is 9.53 Å². The van der Waals surface area contributed by atoms with Crippen molar-refractivity contribution in [1.82, 2.24) is 20.6 Å². The van der Waals surface area contributed by atoms with Crippen molar-refractivity contribution in [3.8, 4) is 11.6 Å². The molecule has 0 unspecified atom stereocenters. The Bertz CT molecular complexity index is 791. The number of furan rings is 1. The first-order valence-corrected chi connectivity index (χ1v) is 8.34. The van der Waals surface area contributed by atoms with Crippen LogP contribution in [0.5, 0.6) is 0 Å². The van der Waals surface area contributed by atoms with E-state index in [0.29, 0.717) is 22.3 Å². The van der Waals surface area contributed by atoms with E-state index in [1.165, 1.54) is 25.1 Å². The van der Waals surface area contributed by atoms with E-state index in [0.717, 1.165) is 0 Å². The van der Waals surface area contributed by atoms with Gasteiger partial charge in [0.1, 0.15) is 10.6 Å². The molecule has 9 nitrogen and oxygen atoms in total. The van der Waals surface area contributed by atoms with Gasteiger partial charge < -0.3 is 14.5 Å². The van der Waals surface area contributed by atoms with Crippen LogP contribution in [0.4, 0.5) is 4.79 Å². The summed E-state index contributed by atoms with van der Waals surface area (Å²) in [6.07, 6.45) is 3.25. The molecule has 132 valence electrons. The number of amides is 3. The third kappa shape index (κ3) is 4.57. The second-order valence-corrected chi connectivity index (χ2v) is 5.49. The number of hydrogen-bond acceptors (Lipinski definition) is 8. The molecule has 2 N–H and O–H groups in total. The number of hydrogen-bond donors (Lipinski definition) is 2. The first-order valence-electron chi connectivity index (χ1n) is 7.11. The molecule has 25 heavy (non-hydrogen) atoms. The largest absolute Gasteiger partial charge is 0.461 e. The predicted octanol–water partition coefficient (Wildman–Crippen LogP) is 1.38. The van der Waals surface area contributed by atoms with E-state index < -0.39 is 24.5 Å². The topological polar surface area (TPSA) is 123 Å². The zero-order chi connectivity index (χ0) is 18.4. The minimum absolute atomic E-state index is 0.163. The fraction of sp³-hybridized carbons (Fsp3) is 0.267. The molecule has 3 amide bonds. The Morgan fingerprint density at radius 1 is 1.32 bits per heavy atom. The number of nitrogens with zero attached hydrogens (tertiary/aromatic N) is 2. The highest BCUT2D eigenvalue weighted by atomic mass is 32.2. The van der Waals surface area contributed by atoms with Crippen LogP contribution in [0.15, 0.2) is 27.8 Å². The van der Waals surface area contributed by atoms with Gasteiger partial charge in [0, 0.05) is 7.05 Å². The van der Waals surface area contributed by atoms with Crippen LogP contribution in [0.25, 0.3) is 11.6 Å². The average Bonchev–Trinajstić information content (AvgIpc) is 3.13. The Balaban J connectivity index is 2.16. The van der Waals surface area contributed by atoms with E-state index >= 15 is 0 Å². The average molecular weight is 364 g/mol. The van der Waals surface area contributed by atoms with E-state index in [-0.39, 0.29) is 5.56 Å². The molecule has 0 saturated heterocycles. The highest BCUT2D eigenvalue weighted by Gasteiger charge is 2.22. The Morgan fingerprint density at radius 2 is 2.08 bits per heavy atom. The summed E-state index contributed by atoms with van der Waals surface area (Å²) in [5.41, 5.74) is 0.554. The number of imide groups is 1. The summed E-state index contributed by atoms with van der Waals surface area (Å²) in [4.78, 5) is 43.4. The molecule has 0 fully saturated rings. The number of urea groups is 1. The molecular weight excluding hydrogens is 348 g/mol. The lowest BCUT2D eigenvalue weighted by Crippen LogP contribution is -2.39. The van der Waals surface area contributed by atoms with Gasteiger partial charge in [0.05, 0.1) is 12.0 Å². The van der Waals surface area contributed by atoms with E-state index in [4.69, 9.17) is 9.15 Å². The van der Waals surface area contributed by atoms with E-state index in [2.05, 4.69) is 15.3 Å². The maximum absolute atomic E-state index is 12.3. The Labute approximate surface area is 147 Å². The van der Waals surface area contributed by atoms with Crippen molar-refractivity contribution < 1.29 is 23.5 Å². The molecule has 0 saturated carbocycles. The minimum atomic E-state index is -0.750. The van der Waals surface area contributed by atoms with Crippen LogP contribution in [0, 0.1) is 6.92 Å².